The Hall–Kier alpha value is -2.40. The van der Waals surface area contributed by atoms with E-state index in [9.17, 15) is 0 Å². The van der Waals surface area contributed by atoms with Crippen LogP contribution in [0.2, 0.25) is 0 Å². The molecule has 1 heterocycles. The number of rotatable bonds is 3. The molecule has 2 aromatic carbocycles. The van der Waals surface area contributed by atoms with Crippen LogP contribution in [0.4, 0.5) is 17.4 Å². The monoisotopic (exact) mass is 269 g/mol. The van der Waals surface area contributed by atoms with Crippen molar-refractivity contribution in [3.8, 4) is 0 Å². The van der Waals surface area contributed by atoms with Gasteiger partial charge < -0.3 is 4.42 Å². The van der Waals surface area contributed by atoms with Crippen LogP contribution in [0.5, 0.6) is 0 Å². The fourth-order valence-corrected chi connectivity index (χ4v) is 1.96. The molecule has 0 aliphatic heterocycles. The maximum Gasteiger partial charge on any atom is 0.326 e. The Morgan fingerprint density at radius 3 is 1.84 bits per heavy atom. The quantitative estimate of drug-likeness (QED) is 0.724. The van der Waals surface area contributed by atoms with E-state index in [0.29, 0.717) is 6.01 Å². The lowest BCUT2D eigenvalue weighted by Gasteiger charge is -2.20. The van der Waals surface area contributed by atoms with Crippen LogP contribution < -0.4 is 4.90 Å². The number of benzene rings is 2. The first-order valence-corrected chi connectivity index (χ1v) is 6.21. The summed E-state index contributed by atoms with van der Waals surface area (Å²) in [6.45, 7) is 0. The third-order valence-corrected chi connectivity index (χ3v) is 2.82. The van der Waals surface area contributed by atoms with Crippen molar-refractivity contribution >= 4 is 29.6 Å². The lowest BCUT2D eigenvalue weighted by molar-refractivity contribution is 0.544. The second kappa shape index (κ2) is 5.07. The van der Waals surface area contributed by atoms with Crippen molar-refractivity contribution in [3.63, 3.8) is 0 Å². The van der Waals surface area contributed by atoms with Gasteiger partial charge >= 0.3 is 6.01 Å². The van der Waals surface area contributed by atoms with Gasteiger partial charge in [-0.15, -0.1) is 5.10 Å². The number of H-pyrrole nitrogens is 1. The van der Waals surface area contributed by atoms with Crippen molar-refractivity contribution in [3.05, 3.63) is 65.5 Å². The van der Waals surface area contributed by atoms with Crippen molar-refractivity contribution in [2.75, 3.05) is 4.90 Å². The van der Waals surface area contributed by atoms with Crippen LogP contribution in [0, 0.1) is 4.84 Å². The van der Waals surface area contributed by atoms with Crippen LogP contribution in [-0.2, 0) is 0 Å². The third-order valence-electron chi connectivity index (χ3n) is 2.65. The first kappa shape index (κ1) is 11.7. The zero-order valence-corrected chi connectivity index (χ0v) is 10.8. The number of anilines is 3. The highest BCUT2D eigenvalue weighted by atomic mass is 32.1. The van der Waals surface area contributed by atoms with Gasteiger partial charge in [0.15, 0.2) is 0 Å². The number of aromatic nitrogens is 2. The minimum atomic E-state index is 0.256. The number of aromatic amines is 1. The van der Waals surface area contributed by atoms with Gasteiger partial charge in [-0.1, -0.05) is 36.4 Å². The molecule has 0 radical (unpaired) electrons. The Balaban J connectivity index is 2.14. The summed E-state index contributed by atoms with van der Waals surface area (Å²) in [7, 11) is 0. The summed E-state index contributed by atoms with van der Waals surface area (Å²) in [4.78, 5) is 2.15. The molecule has 94 valence electrons. The SMILES string of the molecule is S=c1[nH]nc(N(c2ccccc2)c2ccccc2)o1. The molecular weight excluding hydrogens is 258 g/mol. The molecule has 0 fully saturated rings. The van der Waals surface area contributed by atoms with Gasteiger partial charge in [-0.3, -0.25) is 4.90 Å². The van der Waals surface area contributed by atoms with Crippen molar-refractivity contribution in [1.82, 2.24) is 10.2 Å². The number of para-hydroxylation sites is 2. The van der Waals surface area contributed by atoms with Crippen LogP contribution in [0.25, 0.3) is 0 Å². The number of hydrogen-bond acceptors (Lipinski definition) is 4. The van der Waals surface area contributed by atoms with Crippen molar-refractivity contribution < 1.29 is 4.42 Å². The van der Waals surface area contributed by atoms with Gasteiger partial charge in [0, 0.05) is 0 Å². The first-order chi connectivity index (χ1) is 9.34. The molecule has 0 aliphatic rings. The van der Waals surface area contributed by atoms with Crippen LogP contribution in [0.15, 0.2) is 65.1 Å². The van der Waals surface area contributed by atoms with E-state index in [0.717, 1.165) is 11.4 Å². The number of nitrogens with one attached hydrogen (secondary N) is 1. The van der Waals surface area contributed by atoms with Crippen LogP contribution in [-0.4, -0.2) is 10.2 Å². The van der Waals surface area contributed by atoms with Gasteiger partial charge in [0.1, 0.15) is 0 Å². The smallest absolute Gasteiger partial charge is 0.326 e. The molecular formula is C14H11N3OS. The normalized spacial score (nSPS) is 10.3. The predicted molar refractivity (Wildman–Crippen MR) is 76.4 cm³/mol. The van der Waals surface area contributed by atoms with E-state index in [1.165, 1.54) is 0 Å². The summed E-state index contributed by atoms with van der Waals surface area (Å²) in [5, 5.41) is 6.74. The Kier molecular flexibility index (Phi) is 3.12. The molecule has 0 unspecified atom stereocenters. The molecule has 0 atom stereocenters. The molecule has 0 spiro atoms. The van der Waals surface area contributed by atoms with Crippen molar-refractivity contribution in [1.29, 1.82) is 0 Å². The molecule has 1 aromatic heterocycles. The van der Waals surface area contributed by atoms with Crippen LogP contribution in [0.3, 0.4) is 0 Å². The topological polar surface area (TPSA) is 45.1 Å². The van der Waals surface area contributed by atoms with Gasteiger partial charge in [-0.2, -0.15) is 0 Å². The zero-order valence-electron chi connectivity index (χ0n) is 9.98. The van der Waals surface area contributed by atoms with Crippen LogP contribution in [0.1, 0.15) is 0 Å². The highest BCUT2D eigenvalue weighted by Crippen LogP contribution is 2.32. The lowest BCUT2D eigenvalue weighted by Crippen LogP contribution is -2.09. The van der Waals surface area contributed by atoms with E-state index in [1.807, 2.05) is 65.6 Å². The van der Waals surface area contributed by atoms with Gasteiger partial charge in [0.05, 0.1) is 11.4 Å². The summed E-state index contributed by atoms with van der Waals surface area (Å²) in [6.07, 6.45) is 0. The Labute approximate surface area is 115 Å². The Morgan fingerprint density at radius 1 is 0.895 bits per heavy atom. The number of hydrogen-bond donors (Lipinski definition) is 1. The Morgan fingerprint density at radius 2 is 1.42 bits per heavy atom. The summed E-state index contributed by atoms with van der Waals surface area (Å²) >= 11 is 4.94. The molecule has 0 saturated heterocycles. The van der Waals surface area contributed by atoms with E-state index >= 15 is 0 Å². The fraction of sp³-hybridized carbons (Fsp3) is 0. The molecule has 0 aliphatic carbocycles. The van der Waals surface area contributed by atoms with Gasteiger partial charge in [-0.05, 0) is 36.5 Å². The molecule has 1 N–H and O–H groups in total. The summed E-state index contributed by atoms with van der Waals surface area (Å²) < 4.78 is 5.43. The zero-order chi connectivity index (χ0) is 13.1. The highest BCUT2D eigenvalue weighted by molar-refractivity contribution is 7.71. The molecule has 5 heteroatoms. The lowest BCUT2D eigenvalue weighted by atomic mass is 10.2. The van der Waals surface area contributed by atoms with E-state index in [4.69, 9.17) is 16.6 Å². The second-order valence-corrected chi connectivity index (χ2v) is 4.27. The van der Waals surface area contributed by atoms with Gasteiger partial charge in [0.2, 0.25) is 0 Å². The molecule has 0 bridgehead atoms. The molecule has 3 rings (SSSR count). The maximum absolute atomic E-state index is 5.43. The minimum absolute atomic E-state index is 0.256. The van der Waals surface area contributed by atoms with E-state index < -0.39 is 0 Å². The fourth-order valence-electron chi connectivity index (χ4n) is 1.84. The molecule has 0 amide bonds. The largest absolute Gasteiger partial charge is 0.395 e. The summed E-state index contributed by atoms with van der Waals surface area (Å²) in [5.74, 6) is 0. The molecule has 3 aromatic rings. The van der Waals surface area contributed by atoms with Gasteiger partial charge in [0.25, 0.3) is 4.84 Å². The minimum Gasteiger partial charge on any atom is -0.395 e. The Bertz CT molecular complexity index is 667. The van der Waals surface area contributed by atoms with Crippen molar-refractivity contribution in [2.24, 2.45) is 0 Å². The van der Waals surface area contributed by atoms with Crippen molar-refractivity contribution in [2.45, 2.75) is 0 Å². The van der Waals surface area contributed by atoms with E-state index in [1.54, 1.807) is 0 Å². The van der Waals surface area contributed by atoms with E-state index in [-0.39, 0.29) is 4.84 Å². The number of nitrogens with zero attached hydrogens (tertiary/aromatic N) is 2. The predicted octanol–water partition coefficient (Wildman–Crippen LogP) is 4.20. The molecule has 0 saturated carbocycles. The molecule has 19 heavy (non-hydrogen) atoms. The average Bonchev–Trinajstić information content (AvgIpc) is 2.88. The average molecular weight is 269 g/mol. The first-order valence-electron chi connectivity index (χ1n) is 5.80. The molecule has 4 nitrogen and oxygen atoms in total. The standard InChI is InChI=1S/C14H11N3OS/c19-14-16-15-13(18-14)17(11-7-3-1-4-8-11)12-9-5-2-6-10-12/h1-10H,(H,16,19). The second-order valence-electron chi connectivity index (χ2n) is 3.90. The van der Waals surface area contributed by atoms with Gasteiger partial charge in [-0.25, -0.2) is 5.10 Å². The maximum atomic E-state index is 5.43. The van der Waals surface area contributed by atoms with Crippen LogP contribution >= 0.6 is 12.2 Å². The summed E-state index contributed by atoms with van der Waals surface area (Å²) in [5.41, 5.74) is 1.91. The third kappa shape index (κ3) is 2.41. The summed E-state index contributed by atoms with van der Waals surface area (Å²) in [6, 6.07) is 20.2. The van der Waals surface area contributed by atoms with E-state index in [2.05, 4.69) is 10.2 Å². The highest BCUT2D eigenvalue weighted by Gasteiger charge is 2.16.